The Balaban J connectivity index is 2.06. The standard InChI is InChI=1S/C7H13N/c1-6-4-7(6)2-3-8-5-7/h6,8H,2-5H2,1H3/t6-,7?/m0/s1. The molecule has 1 heterocycles. The van der Waals surface area contributed by atoms with Crippen LogP contribution in [0.15, 0.2) is 0 Å². The molecular weight excluding hydrogens is 98.1 g/mol. The fraction of sp³-hybridized carbons (Fsp3) is 1.00. The van der Waals surface area contributed by atoms with Gasteiger partial charge in [-0.25, -0.2) is 0 Å². The lowest BCUT2D eigenvalue weighted by atomic mass is 10.0. The summed E-state index contributed by atoms with van der Waals surface area (Å²) in [6.07, 6.45) is 2.92. The maximum Gasteiger partial charge on any atom is 0.00109 e. The first-order chi connectivity index (χ1) is 3.83. The molecule has 1 aliphatic heterocycles. The minimum Gasteiger partial charge on any atom is -0.316 e. The van der Waals surface area contributed by atoms with Gasteiger partial charge >= 0.3 is 0 Å². The number of rotatable bonds is 0. The van der Waals surface area contributed by atoms with Crippen LogP contribution in [0.25, 0.3) is 0 Å². The van der Waals surface area contributed by atoms with Crippen LogP contribution in [0.5, 0.6) is 0 Å². The van der Waals surface area contributed by atoms with Crippen LogP contribution in [0.3, 0.4) is 0 Å². The van der Waals surface area contributed by atoms with Gasteiger partial charge in [0.1, 0.15) is 0 Å². The molecular formula is C7H13N. The van der Waals surface area contributed by atoms with Crippen molar-refractivity contribution in [3.8, 4) is 0 Å². The van der Waals surface area contributed by atoms with Crippen LogP contribution in [-0.2, 0) is 0 Å². The molecule has 1 N–H and O–H groups in total. The molecule has 2 rings (SSSR count). The third-order valence-electron chi connectivity index (χ3n) is 2.87. The van der Waals surface area contributed by atoms with Gasteiger partial charge in [-0.3, -0.25) is 0 Å². The zero-order valence-corrected chi connectivity index (χ0v) is 5.41. The lowest BCUT2D eigenvalue weighted by Crippen LogP contribution is -2.10. The summed E-state index contributed by atoms with van der Waals surface area (Å²) < 4.78 is 0. The maximum atomic E-state index is 3.41. The van der Waals surface area contributed by atoms with Crippen molar-refractivity contribution in [2.24, 2.45) is 11.3 Å². The third-order valence-corrected chi connectivity index (χ3v) is 2.87. The molecule has 0 aromatic rings. The van der Waals surface area contributed by atoms with E-state index in [0.717, 1.165) is 11.3 Å². The highest BCUT2D eigenvalue weighted by molar-refractivity contribution is 5.04. The van der Waals surface area contributed by atoms with Crippen molar-refractivity contribution in [3.63, 3.8) is 0 Å². The molecule has 1 saturated carbocycles. The molecule has 46 valence electrons. The average molecular weight is 111 g/mol. The van der Waals surface area contributed by atoms with E-state index in [2.05, 4.69) is 12.2 Å². The molecule has 0 bridgehead atoms. The van der Waals surface area contributed by atoms with Crippen molar-refractivity contribution < 1.29 is 0 Å². The topological polar surface area (TPSA) is 12.0 Å². The summed E-state index contributed by atoms with van der Waals surface area (Å²) in [6.45, 7) is 4.94. The summed E-state index contributed by atoms with van der Waals surface area (Å²) in [7, 11) is 0. The summed E-state index contributed by atoms with van der Waals surface area (Å²) in [5.74, 6) is 1.03. The quantitative estimate of drug-likeness (QED) is 0.492. The Morgan fingerprint density at radius 3 is 2.62 bits per heavy atom. The molecule has 0 amide bonds. The average Bonchev–Trinajstić information content (AvgIpc) is 2.29. The fourth-order valence-electron chi connectivity index (χ4n) is 1.91. The lowest BCUT2D eigenvalue weighted by Gasteiger charge is -2.00. The number of hydrogen-bond acceptors (Lipinski definition) is 1. The number of nitrogens with one attached hydrogen (secondary N) is 1. The molecule has 2 atom stereocenters. The van der Waals surface area contributed by atoms with Gasteiger partial charge in [0.05, 0.1) is 0 Å². The monoisotopic (exact) mass is 111 g/mol. The van der Waals surface area contributed by atoms with Crippen molar-refractivity contribution >= 4 is 0 Å². The van der Waals surface area contributed by atoms with E-state index in [0.29, 0.717) is 0 Å². The molecule has 1 heteroatoms. The van der Waals surface area contributed by atoms with Gasteiger partial charge in [-0.15, -0.1) is 0 Å². The first kappa shape index (κ1) is 4.80. The first-order valence-electron chi connectivity index (χ1n) is 3.54. The normalized spacial score (nSPS) is 52.9. The first-order valence-corrected chi connectivity index (χ1v) is 3.54. The van der Waals surface area contributed by atoms with Gasteiger partial charge in [-0.2, -0.15) is 0 Å². The Bertz CT molecular complexity index is 103. The van der Waals surface area contributed by atoms with E-state index in [1.165, 1.54) is 25.9 Å². The van der Waals surface area contributed by atoms with Gasteiger partial charge in [0.25, 0.3) is 0 Å². The van der Waals surface area contributed by atoms with Crippen molar-refractivity contribution in [2.45, 2.75) is 19.8 Å². The molecule has 1 saturated heterocycles. The molecule has 2 aliphatic rings. The second-order valence-corrected chi connectivity index (χ2v) is 3.39. The van der Waals surface area contributed by atoms with Crippen molar-refractivity contribution in [1.82, 2.24) is 5.32 Å². The predicted octanol–water partition coefficient (Wildman–Crippen LogP) is 1.01. The van der Waals surface area contributed by atoms with Gasteiger partial charge in [0, 0.05) is 6.54 Å². The Morgan fingerprint density at radius 2 is 2.38 bits per heavy atom. The Labute approximate surface area is 50.5 Å². The van der Waals surface area contributed by atoms with E-state index in [1.807, 2.05) is 0 Å². The molecule has 1 nitrogen and oxygen atoms in total. The predicted molar refractivity (Wildman–Crippen MR) is 33.7 cm³/mol. The van der Waals surface area contributed by atoms with E-state index in [9.17, 15) is 0 Å². The lowest BCUT2D eigenvalue weighted by molar-refractivity contribution is 0.520. The van der Waals surface area contributed by atoms with Crippen LogP contribution < -0.4 is 5.32 Å². The second kappa shape index (κ2) is 1.27. The zero-order valence-electron chi connectivity index (χ0n) is 5.41. The summed E-state index contributed by atoms with van der Waals surface area (Å²) in [5, 5.41) is 3.41. The van der Waals surface area contributed by atoms with E-state index >= 15 is 0 Å². The highest BCUT2D eigenvalue weighted by atomic mass is 14.9. The van der Waals surface area contributed by atoms with E-state index in [-0.39, 0.29) is 0 Å². The SMILES string of the molecule is C[C@H]1CC12CCNC2. The zero-order chi connectivity index (χ0) is 5.61. The van der Waals surface area contributed by atoms with Crippen LogP contribution in [-0.4, -0.2) is 13.1 Å². The fourth-order valence-corrected chi connectivity index (χ4v) is 1.91. The van der Waals surface area contributed by atoms with Gasteiger partial charge in [0.2, 0.25) is 0 Å². The van der Waals surface area contributed by atoms with Gasteiger partial charge in [-0.1, -0.05) is 6.92 Å². The minimum atomic E-state index is 0.792. The van der Waals surface area contributed by atoms with Gasteiger partial charge in [0.15, 0.2) is 0 Å². The Kier molecular flexibility index (Phi) is 0.762. The van der Waals surface area contributed by atoms with E-state index in [1.54, 1.807) is 0 Å². The summed E-state index contributed by atoms with van der Waals surface area (Å²) in [4.78, 5) is 0. The van der Waals surface area contributed by atoms with Crippen LogP contribution in [0, 0.1) is 11.3 Å². The largest absolute Gasteiger partial charge is 0.316 e. The van der Waals surface area contributed by atoms with Crippen molar-refractivity contribution in [2.75, 3.05) is 13.1 Å². The molecule has 0 aromatic heterocycles. The van der Waals surface area contributed by atoms with Crippen LogP contribution >= 0.6 is 0 Å². The Hall–Kier alpha value is -0.0400. The molecule has 1 spiro atoms. The summed E-state index contributed by atoms with van der Waals surface area (Å²) >= 11 is 0. The van der Waals surface area contributed by atoms with Crippen molar-refractivity contribution in [1.29, 1.82) is 0 Å². The molecule has 0 radical (unpaired) electrons. The number of hydrogen-bond donors (Lipinski definition) is 1. The van der Waals surface area contributed by atoms with Crippen LogP contribution in [0.4, 0.5) is 0 Å². The summed E-state index contributed by atoms with van der Waals surface area (Å²) in [5.41, 5.74) is 0.792. The van der Waals surface area contributed by atoms with E-state index < -0.39 is 0 Å². The van der Waals surface area contributed by atoms with Crippen LogP contribution in [0.1, 0.15) is 19.8 Å². The molecule has 1 unspecified atom stereocenters. The summed E-state index contributed by atoms with van der Waals surface area (Å²) in [6, 6.07) is 0. The van der Waals surface area contributed by atoms with Crippen LogP contribution in [0.2, 0.25) is 0 Å². The van der Waals surface area contributed by atoms with Crippen molar-refractivity contribution in [3.05, 3.63) is 0 Å². The molecule has 0 aromatic carbocycles. The highest BCUT2D eigenvalue weighted by Gasteiger charge is 2.51. The molecule has 8 heavy (non-hydrogen) atoms. The minimum absolute atomic E-state index is 0.792. The molecule has 1 aliphatic carbocycles. The second-order valence-electron chi connectivity index (χ2n) is 3.39. The van der Waals surface area contributed by atoms with E-state index in [4.69, 9.17) is 0 Å². The smallest absolute Gasteiger partial charge is 0.00109 e. The molecule has 2 fully saturated rings. The van der Waals surface area contributed by atoms with Gasteiger partial charge in [-0.05, 0) is 30.7 Å². The third kappa shape index (κ3) is 0.455. The van der Waals surface area contributed by atoms with Gasteiger partial charge < -0.3 is 5.32 Å². The maximum absolute atomic E-state index is 3.41. The highest BCUT2D eigenvalue weighted by Crippen LogP contribution is 2.55. The Morgan fingerprint density at radius 1 is 1.62 bits per heavy atom.